The summed E-state index contributed by atoms with van der Waals surface area (Å²) in [5.41, 5.74) is -0.457. The largest absolute Gasteiger partial charge is 0.390 e. The number of H-pyrrole nitrogens is 1. The quantitative estimate of drug-likeness (QED) is 0.387. The first kappa shape index (κ1) is 12.7. The van der Waals surface area contributed by atoms with Gasteiger partial charge in [-0.2, -0.15) is 0 Å². The molecule has 9 heteroatoms. The zero-order valence-electron chi connectivity index (χ0n) is 12.9. The van der Waals surface area contributed by atoms with E-state index < -0.39 is 37.5 Å². The summed E-state index contributed by atoms with van der Waals surface area (Å²) in [4.78, 5) is 25.3. The van der Waals surface area contributed by atoms with Crippen LogP contribution in [0.15, 0.2) is 15.8 Å². The highest BCUT2D eigenvalue weighted by atomic mass is 32.2. The van der Waals surface area contributed by atoms with Gasteiger partial charge in [-0.05, 0) is 27.3 Å². The van der Waals surface area contributed by atoms with Crippen LogP contribution in [0.4, 0.5) is 0 Å². The molecule has 20 heavy (non-hydrogen) atoms. The van der Waals surface area contributed by atoms with Crippen molar-refractivity contribution in [3.8, 4) is 0 Å². The SMILES string of the molecule is [2H]B([3H])CSOCC1OC(n2cc(C)c(=O)[nH]c2=O)CC1O. The highest BCUT2D eigenvalue weighted by molar-refractivity contribution is 7.95. The van der Waals surface area contributed by atoms with E-state index in [0.29, 0.717) is 5.56 Å². The Bertz CT molecular complexity index is 625. The Morgan fingerprint density at radius 1 is 1.85 bits per heavy atom. The average Bonchev–Trinajstić information content (AvgIpc) is 2.80. The zero-order chi connectivity index (χ0) is 16.3. The highest BCUT2D eigenvalue weighted by Crippen LogP contribution is 2.28. The molecular formula is C11H17BN2O5S. The van der Waals surface area contributed by atoms with E-state index in [1.807, 2.05) is 0 Å². The van der Waals surface area contributed by atoms with Gasteiger partial charge in [-0.1, -0.05) is 0 Å². The van der Waals surface area contributed by atoms with E-state index in [2.05, 4.69) is 4.98 Å². The van der Waals surface area contributed by atoms with Crippen LogP contribution in [-0.4, -0.2) is 49.6 Å². The molecule has 3 unspecified atom stereocenters. The number of rotatable bonds is 6. The molecule has 2 N–H and O–H groups in total. The standard InChI is InChI=1S/C11H17BN2O5S/c1-6-3-14(11(17)13-10(6)16)9-2-7(15)8(19-9)4-18-20-5-12/h3,7-9,15H,2,4-5,12H2,1H3,(H,13,16,17)/i12TD. The molecule has 1 aliphatic rings. The lowest BCUT2D eigenvalue weighted by atomic mass is 10.2. The molecule has 7 nitrogen and oxygen atoms in total. The summed E-state index contributed by atoms with van der Waals surface area (Å²) < 4.78 is 26.1. The van der Waals surface area contributed by atoms with Gasteiger partial charge in [0.15, 0.2) is 0 Å². The predicted octanol–water partition coefficient (Wildman–Crippen LogP) is -1.25. The first-order valence-corrected chi connectivity index (χ1v) is 7.04. The van der Waals surface area contributed by atoms with Crippen molar-refractivity contribution in [3.05, 3.63) is 32.6 Å². The maximum absolute atomic E-state index is 11.8. The Kier molecular flexibility index (Phi) is 4.20. The Morgan fingerprint density at radius 3 is 3.40 bits per heavy atom. The van der Waals surface area contributed by atoms with Gasteiger partial charge in [0.2, 0.25) is 0 Å². The van der Waals surface area contributed by atoms with Gasteiger partial charge in [0.25, 0.3) is 5.56 Å². The van der Waals surface area contributed by atoms with Gasteiger partial charge >= 0.3 is 5.69 Å². The lowest BCUT2D eigenvalue weighted by Crippen LogP contribution is -2.33. The summed E-state index contributed by atoms with van der Waals surface area (Å²) in [5, 5.41) is 9.97. The van der Waals surface area contributed by atoms with Crippen LogP contribution in [0, 0.1) is 6.92 Å². The van der Waals surface area contributed by atoms with Crippen molar-refractivity contribution >= 4 is 19.8 Å². The predicted molar refractivity (Wildman–Crippen MR) is 77.5 cm³/mol. The van der Waals surface area contributed by atoms with Crippen LogP contribution in [0.3, 0.4) is 0 Å². The second-order valence-corrected chi connectivity index (χ2v) is 5.28. The summed E-state index contributed by atoms with van der Waals surface area (Å²) in [6.45, 7) is 1.67. The number of hydrogen-bond donors (Lipinski definition) is 2. The van der Waals surface area contributed by atoms with Crippen LogP contribution in [0.1, 0.15) is 18.2 Å². The van der Waals surface area contributed by atoms with Gasteiger partial charge < -0.3 is 14.0 Å². The number of aliphatic hydroxyl groups is 1. The fourth-order valence-electron chi connectivity index (χ4n) is 2.00. The van der Waals surface area contributed by atoms with E-state index in [0.717, 1.165) is 12.0 Å². The van der Waals surface area contributed by atoms with E-state index in [1.54, 1.807) is 6.92 Å². The normalized spacial score (nSPS) is 27.2. The van der Waals surface area contributed by atoms with Gasteiger partial charge in [-0.15, -0.1) is 0 Å². The minimum absolute atomic E-state index is 0.0894. The number of nitrogens with zero attached hydrogens (tertiary/aromatic N) is 1. The molecule has 2 rings (SSSR count). The van der Waals surface area contributed by atoms with Gasteiger partial charge in [-0.25, -0.2) is 4.79 Å². The monoisotopic (exact) mass is 303 g/mol. The van der Waals surface area contributed by atoms with Crippen LogP contribution in [0.25, 0.3) is 0 Å². The van der Waals surface area contributed by atoms with Crippen molar-refractivity contribution in [1.29, 1.82) is 2.67 Å². The number of nitrogens with one attached hydrogen (secondary N) is 1. The Morgan fingerprint density at radius 2 is 2.65 bits per heavy atom. The van der Waals surface area contributed by atoms with Crippen molar-refractivity contribution in [3.63, 3.8) is 0 Å². The van der Waals surface area contributed by atoms with Crippen molar-refractivity contribution in [1.82, 2.24) is 9.55 Å². The van der Waals surface area contributed by atoms with Crippen LogP contribution in [0.2, 0.25) is 0 Å². The summed E-state index contributed by atoms with van der Waals surface area (Å²) >= 11 is 0.973. The highest BCUT2D eigenvalue weighted by Gasteiger charge is 2.35. The van der Waals surface area contributed by atoms with Crippen LogP contribution < -0.4 is 11.2 Å². The topological polar surface area (TPSA) is 93.5 Å². The van der Waals surface area contributed by atoms with Crippen molar-refractivity contribution < 1.29 is 14.0 Å². The van der Waals surface area contributed by atoms with E-state index in [1.165, 1.54) is 10.8 Å². The fraction of sp³-hybridized carbons (Fsp3) is 0.636. The molecule has 1 fully saturated rings. The first-order chi connectivity index (χ1) is 10.4. The maximum atomic E-state index is 11.8. The van der Waals surface area contributed by atoms with Crippen molar-refractivity contribution in [2.45, 2.75) is 31.8 Å². The molecular weight excluding hydrogens is 283 g/mol. The smallest absolute Gasteiger partial charge is 0.330 e. The lowest BCUT2D eigenvalue weighted by Gasteiger charge is -2.15. The summed E-state index contributed by atoms with van der Waals surface area (Å²) in [5.74, 6) is 0. The fourth-order valence-corrected chi connectivity index (χ4v) is 2.33. The minimum atomic E-state index is -0.977. The molecule has 110 valence electrons. The minimum Gasteiger partial charge on any atom is -0.390 e. The third-order valence-corrected chi connectivity index (χ3v) is 3.48. The number of aromatic amines is 1. The molecule has 0 aromatic carbocycles. The molecule has 0 saturated carbocycles. The second-order valence-electron chi connectivity index (χ2n) is 4.48. The zero-order valence-corrected chi connectivity index (χ0v) is 11.8. The molecule has 3 atom stereocenters. The van der Waals surface area contributed by atoms with Gasteiger partial charge in [0, 0.05) is 18.2 Å². The molecule has 0 amide bonds. The summed E-state index contributed by atoms with van der Waals surface area (Å²) in [6, 6.07) is 0. The number of aliphatic hydroxyl groups excluding tert-OH is 1. The lowest BCUT2D eigenvalue weighted by molar-refractivity contribution is -0.0380. The number of ether oxygens (including phenoxy) is 1. The molecule has 0 spiro atoms. The Labute approximate surface area is 123 Å². The number of aryl methyl sites for hydroxylation is 1. The molecule has 1 aliphatic heterocycles. The molecule has 2 heterocycles. The molecule has 0 aliphatic carbocycles. The second kappa shape index (κ2) is 6.62. The van der Waals surface area contributed by atoms with Gasteiger partial charge in [-0.3, -0.25) is 14.3 Å². The molecule has 0 bridgehead atoms. The third kappa shape index (κ3) is 3.35. The Balaban J connectivity index is 1.97. The first-order valence-electron chi connectivity index (χ1n) is 7.28. The average molecular weight is 303 g/mol. The molecule has 1 aromatic rings. The van der Waals surface area contributed by atoms with Crippen LogP contribution in [0.5, 0.6) is 0 Å². The van der Waals surface area contributed by atoms with Crippen molar-refractivity contribution in [2.24, 2.45) is 0 Å². The maximum Gasteiger partial charge on any atom is 0.330 e. The molecule has 0 radical (unpaired) electrons. The molecule has 1 saturated heterocycles. The van der Waals surface area contributed by atoms with E-state index in [4.69, 9.17) is 11.6 Å². The Hall–Kier alpha value is -1.03. The van der Waals surface area contributed by atoms with Crippen LogP contribution in [-0.2, 0) is 8.92 Å². The van der Waals surface area contributed by atoms with E-state index >= 15 is 0 Å². The van der Waals surface area contributed by atoms with Crippen molar-refractivity contribution in [2.75, 3.05) is 12.3 Å². The van der Waals surface area contributed by atoms with Gasteiger partial charge in [0.05, 0.1) is 12.7 Å². The number of hydrogen-bond acceptors (Lipinski definition) is 6. The summed E-state index contributed by atoms with van der Waals surface area (Å²) in [6.07, 6.45) is -0.457. The molecule has 1 aromatic heterocycles. The van der Waals surface area contributed by atoms with Crippen LogP contribution >= 0.6 is 12.0 Å². The van der Waals surface area contributed by atoms with E-state index in [-0.39, 0.29) is 18.7 Å². The van der Waals surface area contributed by atoms with Gasteiger partial charge in [0.1, 0.15) is 20.1 Å². The summed E-state index contributed by atoms with van der Waals surface area (Å²) in [7, 11) is -0.977. The number of aromatic nitrogens is 2. The third-order valence-electron chi connectivity index (χ3n) is 3.04. The van der Waals surface area contributed by atoms with E-state index in [9.17, 15) is 14.7 Å².